The number of nitrogens with one attached hydrogen (secondary N) is 1. The average Bonchev–Trinajstić information content (AvgIpc) is 3.01. The highest BCUT2D eigenvalue weighted by atomic mass is 32.1. The van der Waals surface area contributed by atoms with Crippen molar-refractivity contribution in [3.8, 4) is 5.75 Å². The monoisotopic (exact) mass is 465 g/mol. The summed E-state index contributed by atoms with van der Waals surface area (Å²) in [5.41, 5.74) is -0.375. The lowest BCUT2D eigenvalue weighted by atomic mass is 10.1. The molecule has 1 amide bonds. The van der Waals surface area contributed by atoms with Crippen molar-refractivity contribution >= 4 is 38.7 Å². The van der Waals surface area contributed by atoms with Gasteiger partial charge in [0.25, 0.3) is 0 Å². The molecule has 0 spiro atoms. The topological polar surface area (TPSA) is 110 Å². The third kappa shape index (κ3) is 6.70. The first-order valence-corrected chi connectivity index (χ1v) is 11.3. The van der Waals surface area contributed by atoms with Crippen molar-refractivity contribution in [3.05, 3.63) is 18.2 Å². The first kappa shape index (κ1) is 24.1. The van der Waals surface area contributed by atoms with E-state index < -0.39 is 23.3 Å². The number of likely N-dealkylation sites (tertiary alicyclic amines) is 1. The molecule has 2 aromatic rings. The van der Waals surface area contributed by atoms with Crippen molar-refractivity contribution in [2.45, 2.75) is 64.9 Å². The second-order valence-electron chi connectivity index (χ2n) is 9.74. The zero-order valence-electron chi connectivity index (χ0n) is 19.3. The summed E-state index contributed by atoms with van der Waals surface area (Å²) in [6, 6.07) is 5.48. The van der Waals surface area contributed by atoms with Crippen LogP contribution in [0.15, 0.2) is 18.2 Å². The smallest absolute Gasteiger partial charge is 0.410 e. The molecule has 10 heteroatoms. The van der Waals surface area contributed by atoms with Gasteiger partial charge in [-0.3, -0.25) is 0 Å². The van der Waals surface area contributed by atoms with E-state index >= 15 is 0 Å². The van der Waals surface area contributed by atoms with E-state index in [0.29, 0.717) is 18.8 Å². The highest BCUT2D eigenvalue weighted by Gasteiger charge is 2.34. The molecule has 0 aliphatic carbocycles. The van der Waals surface area contributed by atoms with E-state index in [1.807, 2.05) is 32.9 Å². The maximum absolute atomic E-state index is 12.0. The number of benzene rings is 1. The van der Waals surface area contributed by atoms with Gasteiger partial charge in [-0.25, -0.2) is 14.6 Å². The Labute approximate surface area is 191 Å². The molecule has 1 saturated heterocycles. The Balaban J connectivity index is 1.51. The number of nitrogens with zero attached hydrogens (tertiary/aromatic N) is 2. The SMILES string of the molecule is CC(C)(C)OC(=O)C(O)COc1ccc2nc(NC3CN(C(=O)OC(C)(C)C)C3)sc2c1. The Morgan fingerprint density at radius 2 is 1.84 bits per heavy atom. The minimum atomic E-state index is -1.37. The van der Waals surface area contributed by atoms with Gasteiger partial charge in [0, 0.05) is 13.1 Å². The van der Waals surface area contributed by atoms with E-state index in [1.54, 1.807) is 31.7 Å². The Morgan fingerprint density at radius 1 is 1.19 bits per heavy atom. The van der Waals surface area contributed by atoms with E-state index in [4.69, 9.17) is 14.2 Å². The number of fused-ring (bicyclic) bond motifs is 1. The van der Waals surface area contributed by atoms with Crippen LogP contribution >= 0.6 is 11.3 Å². The van der Waals surface area contributed by atoms with E-state index in [0.717, 1.165) is 15.3 Å². The maximum atomic E-state index is 12.0. The summed E-state index contributed by atoms with van der Waals surface area (Å²) in [5, 5.41) is 14.0. The molecule has 1 aromatic carbocycles. The van der Waals surface area contributed by atoms with Gasteiger partial charge >= 0.3 is 12.1 Å². The lowest BCUT2D eigenvalue weighted by Crippen LogP contribution is -2.57. The van der Waals surface area contributed by atoms with E-state index in [9.17, 15) is 14.7 Å². The molecule has 9 nitrogen and oxygen atoms in total. The number of amides is 1. The fourth-order valence-corrected chi connectivity index (χ4v) is 3.86. The number of aromatic nitrogens is 1. The fraction of sp³-hybridized carbons (Fsp3) is 0.591. The highest BCUT2D eigenvalue weighted by Crippen LogP contribution is 2.30. The second kappa shape index (κ2) is 9.11. The van der Waals surface area contributed by atoms with Gasteiger partial charge in [-0.15, -0.1) is 0 Å². The first-order valence-electron chi connectivity index (χ1n) is 10.5. The minimum Gasteiger partial charge on any atom is -0.490 e. The van der Waals surface area contributed by atoms with Crippen molar-refractivity contribution in [1.29, 1.82) is 0 Å². The predicted octanol–water partition coefficient (Wildman–Crippen LogP) is 3.41. The summed E-state index contributed by atoms with van der Waals surface area (Å²) in [6.45, 7) is 11.7. The number of aliphatic hydroxyl groups excluding tert-OH is 1. The molecule has 0 saturated carbocycles. The Bertz CT molecular complexity index is 972. The number of hydrogen-bond donors (Lipinski definition) is 2. The van der Waals surface area contributed by atoms with Crippen LogP contribution in [-0.4, -0.2) is 70.1 Å². The average molecular weight is 466 g/mol. The third-order valence-electron chi connectivity index (χ3n) is 4.31. The summed E-state index contributed by atoms with van der Waals surface area (Å²) in [6.07, 6.45) is -1.68. The normalized spacial score (nSPS) is 15.8. The van der Waals surface area contributed by atoms with Crippen LogP contribution in [0.25, 0.3) is 10.2 Å². The molecule has 1 atom stereocenters. The number of rotatable bonds is 6. The molecule has 32 heavy (non-hydrogen) atoms. The van der Waals surface area contributed by atoms with Gasteiger partial charge in [-0.1, -0.05) is 11.3 Å². The zero-order valence-corrected chi connectivity index (χ0v) is 20.1. The van der Waals surface area contributed by atoms with Gasteiger partial charge < -0.3 is 29.5 Å². The number of anilines is 1. The first-order chi connectivity index (χ1) is 14.8. The molecule has 0 radical (unpaired) electrons. The number of esters is 1. The summed E-state index contributed by atoms with van der Waals surface area (Å²) in [7, 11) is 0. The van der Waals surface area contributed by atoms with Crippen LogP contribution < -0.4 is 10.1 Å². The number of ether oxygens (including phenoxy) is 3. The van der Waals surface area contributed by atoms with Gasteiger partial charge in [0.15, 0.2) is 11.2 Å². The molecule has 1 unspecified atom stereocenters. The maximum Gasteiger partial charge on any atom is 0.410 e. The van der Waals surface area contributed by atoms with E-state index in [2.05, 4.69) is 10.3 Å². The van der Waals surface area contributed by atoms with Crippen molar-refractivity contribution < 1.29 is 28.9 Å². The van der Waals surface area contributed by atoms with Crippen LogP contribution in [0, 0.1) is 0 Å². The second-order valence-corrected chi connectivity index (χ2v) is 10.8. The molecule has 1 aromatic heterocycles. The van der Waals surface area contributed by atoms with Crippen molar-refractivity contribution in [3.63, 3.8) is 0 Å². The molecule has 3 rings (SSSR count). The molecule has 2 heterocycles. The summed E-state index contributed by atoms with van der Waals surface area (Å²) in [4.78, 5) is 30.1. The number of carbonyl (C=O) groups excluding carboxylic acids is 2. The molecule has 0 bridgehead atoms. The summed E-state index contributed by atoms with van der Waals surface area (Å²) >= 11 is 1.47. The summed E-state index contributed by atoms with van der Waals surface area (Å²) in [5.74, 6) is -0.196. The largest absolute Gasteiger partial charge is 0.490 e. The van der Waals surface area contributed by atoms with Crippen molar-refractivity contribution in [2.75, 3.05) is 25.0 Å². The third-order valence-corrected chi connectivity index (χ3v) is 5.26. The van der Waals surface area contributed by atoms with Crippen LogP contribution in [-0.2, 0) is 14.3 Å². The molecule has 1 aliphatic heterocycles. The van der Waals surface area contributed by atoms with E-state index in [-0.39, 0.29) is 18.7 Å². The van der Waals surface area contributed by atoms with E-state index in [1.165, 1.54) is 11.3 Å². The van der Waals surface area contributed by atoms with Gasteiger partial charge in [-0.05, 0) is 59.7 Å². The lowest BCUT2D eigenvalue weighted by Gasteiger charge is -2.39. The molecular formula is C22H31N3O6S. The number of thiazole rings is 1. The van der Waals surface area contributed by atoms with Gasteiger partial charge in [-0.2, -0.15) is 0 Å². The summed E-state index contributed by atoms with van der Waals surface area (Å²) < 4.78 is 17.0. The zero-order chi connectivity index (χ0) is 23.7. The number of hydrogen-bond acceptors (Lipinski definition) is 9. The van der Waals surface area contributed by atoms with Gasteiger partial charge in [0.2, 0.25) is 0 Å². The molecule has 1 aliphatic rings. The molecule has 2 N–H and O–H groups in total. The quantitative estimate of drug-likeness (QED) is 0.625. The van der Waals surface area contributed by atoms with Crippen LogP contribution in [0.4, 0.5) is 9.93 Å². The minimum absolute atomic E-state index is 0.114. The van der Waals surface area contributed by atoms with Crippen LogP contribution in [0.3, 0.4) is 0 Å². The van der Waals surface area contributed by atoms with Crippen LogP contribution in [0.2, 0.25) is 0 Å². The number of aliphatic hydroxyl groups is 1. The Kier molecular flexibility index (Phi) is 6.85. The predicted molar refractivity (Wildman–Crippen MR) is 122 cm³/mol. The fourth-order valence-electron chi connectivity index (χ4n) is 2.89. The van der Waals surface area contributed by atoms with Crippen LogP contribution in [0.5, 0.6) is 5.75 Å². The molecule has 176 valence electrons. The molecule has 1 fully saturated rings. The van der Waals surface area contributed by atoms with Gasteiger partial charge in [0.1, 0.15) is 23.6 Å². The number of carbonyl (C=O) groups is 2. The highest BCUT2D eigenvalue weighted by molar-refractivity contribution is 7.22. The Morgan fingerprint density at radius 3 is 2.47 bits per heavy atom. The van der Waals surface area contributed by atoms with Gasteiger partial charge in [0.05, 0.1) is 16.3 Å². The van der Waals surface area contributed by atoms with Crippen molar-refractivity contribution in [1.82, 2.24) is 9.88 Å². The molecular weight excluding hydrogens is 434 g/mol. The van der Waals surface area contributed by atoms with Crippen molar-refractivity contribution in [2.24, 2.45) is 0 Å². The lowest BCUT2D eigenvalue weighted by molar-refractivity contribution is -0.166. The van der Waals surface area contributed by atoms with Crippen LogP contribution in [0.1, 0.15) is 41.5 Å². The standard InChI is InChI=1S/C22H31N3O6S/c1-21(2,3)30-18(27)16(26)12-29-14-7-8-15-17(9-14)32-19(24-15)23-13-10-25(11-13)20(28)31-22(4,5)6/h7-9,13,16,26H,10-12H2,1-6H3,(H,23,24). The Hall–Kier alpha value is -2.59.